The van der Waals surface area contributed by atoms with E-state index in [9.17, 15) is 24.6 Å². The Hall–Kier alpha value is -3.15. The Labute approximate surface area is 169 Å². The fraction of sp³-hybridized carbons (Fsp3) is 0.348. The third kappa shape index (κ3) is 4.31. The highest BCUT2D eigenvalue weighted by atomic mass is 16.4. The molecule has 6 heteroatoms. The van der Waals surface area contributed by atoms with Crippen LogP contribution in [-0.4, -0.2) is 34.1 Å². The molecule has 3 rings (SSSR count). The van der Waals surface area contributed by atoms with Crippen LogP contribution in [0, 0.1) is 0 Å². The van der Waals surface area contributed by atoms with Crippen LogP contribution >= 0.6 is 0 Å². The lowest BCUT2D eigenvalue weighted by molar-refractivity contribution is -0.141. The zero-order valence-corrected chi connectivity index (χ0v) is 16.4. The van der Waals surface area contributed by atoms with Crippen molar-refractivity contribution in [3.63, 3.8) is 0 Å². The van der Waals surface area contributed by atoms with Crippen molar-refractivity contribution in [1.29, 1.82) is 0 Å². The Kier molecular flexibility index (Phi) is 6.32. The van der Waals surface area contributed by atoms with E-state index in [1.165, 1.54) is 4.90 Å². The summed E-state index contributed by atoms with van der Waals surface area (Å²) in [6.07, 6.45) is 1.73. The van der Waals surface area contributed by atoms with Gasteiger partial charge in [0.2, 0.25) is 5.91 Å². The molecule has 6 nitrogen and oxygen atoms in total. The van der Waals surface area contributed by atoms with Crippen LogP contribution in [0.25, 0.3) is 0 Å². The maximum absolute atomic E-state index is 13.1. The fourth-order valence-electron chi connectivity index (χ4n) is 4.08. The monoisotopic (exact) mass is 395 g/mol. The number of fused-ring (bicyclic) bond motifs is 1. The summed E-state index contributed by atoms with van der Waals surface area (Å²) in [5.74, 6) is -3.19. The number of anilines is 1. The molecule has 0 saturated carbocycles. The van der Waals surface area contributed by atoms with E-state index in [0.29, 0.717) is 30.5 Å². The highest BCUT2D eigenvalue weighted by molar-refractivity contribution is 6.00. The summed E-state index contributed by atoms with van der Waals surface area (Å²) in [4.78, 5) is 38.0. The predicted octanol–water partition coefficient (Wildman–Crippen LogP) is 3.63. The van der Waals surface area contributed by atoms with Crippen molar-refractivity contribution in [3.8, 4) is 0 Å². The van der Waals surface area contributed by atoms with Crippen molar-refractivity contribution < 1.29 is 24.6 Å². The molecule has 0 bridgehead atoms. The molecule has 2 aromatic rings. The number of carboxylic acids is 2. The van der Waals surface area contributed by atoms with Crippen molar-refractivity contribution >= 4 is 23.5 Å². The van der Waals surface area contributed by atoms with Crippen LogP contribution in [0.15, 0.2) is 48.5 Å². The van der Waals surface area contributed by atoms with Gasteiger partial charge in [0.15, 0.2) is 0 Å². The molecule has 0 spiro atoms. The van der Waals surface area contributed by atoms with Gasteiger partial charge >= 0.3 is 11.9 Å². The van der Waals surface area contributed by atoms with Gasteiger partial charge in [-0.15, -0.1) is 0 Å². The summed E-state index contributed by atoms with van der Waals surface area (Å²) in [7, 11) is 0. The first-order valence-corrected chi connectivity index (χ1v) is 9.87. The molecular weight excluding hydrogens is 370 g/mol. The summed E-state index contributed by atoms with van der Waals surface area (Å²) in [5.41, 5.74) is 3.20. The largest absolute Gasteiger partial charge is 0.481 e. The van der Waals surface area contributed by atoms with Gasteiger partial charge in [0.05, 0.1) is 5.92 Å². The number of carbonyl (C=O) groups is 3. The fourth-order valence-corrected chi connectivity index (χ4v) is 4.08. The number of hydrogen-bond acceptors (Lipinski definition) is 3. The van der Waals surface area contributed by atoms with Crippen LogP contribution in [0.2, 0.25) is 0 Å². The van der Waals surface area contributed by atoms with Gasteiger partial charge in [0, 0.05) is 12.1 Å². The maximum Gasteiger partial charge on any atom is 0.326 e. The Morgan fingerprint density at radius 1 is 1.07 bits per heavy atom. The number of carbonyl (C=O) groups excluding carboxylic acids is 1. The number of rotatable bonds is 7. The first-order valence-electron chi connectivity index (χ1n) is 9.87. The van der Waals surface area contributed by atoms with E-state index in [0.717, 1.165) is 11.1 Å². The van der Waals surface area contributed by atoms with Gasteiger partial charge in [0.1, 0.15) is 6.04 Å². The van der Waals surface area contributed by atoms with Crippen LogP contribution in [0.4, 0.5) is 5.69 Å². The zero-order valence-electron chi connectivity index (χ0n) is 16.4. The zero-order chi connectivity index (χ0) is 21.0. The van der Waals surface area contributed by atoms with Crippen molar-refractivity contribution in [2.45, 2.75) is 51.0 Å². The lowest BCUT2D eigenvalue weighted by Gasteiger charge is -2.35. The average Bonchev–Trinajstić information content (AvgIpc) is 2.72. The molecule has 0 fully saturated rings. The molecule has 1 amide bonds. The van der Waals surface area contributed by atoms with Gasteiger partial charge in [-0.25, -0.2) is 4.79 Å². The number of amides is 1. The van der Waals surface area contributed by atoms with Gasteiger partial charge in [-0.2, -0.15) is 0 Å². The Morgan fingerprint density at radius 3 is 2.45 bits per heavy atom. The number of para-hydroxylation sites is 1. The van der Waals surface area contributed by atoms with E-state index in [1.807, 2.05) is 31.2 Å². The maximum atomic E-state index is 13.1. The van der Waals surface area contributed by atoms with E-state index >= 15 is 0 Å². The smallest absolute Gasteiger partial charge is 0.326 e. The number of aliphatic carboxylic acids is 2. The van der Waals surface area contributed by atoms with Crippen molar-refractivity contribution in [3.05, 3.63) is 65.2 Å². The van der Waals surface area contributed by atoms with E-state index in [4.69, 9.17) is 0 Å². The molecule has 2 aromatic carbocycles. The lowest BCUT2D eigenvalue weighted by Crippen LogP contribution is -2.48. The van der Waals surface area contributed by atoms with Gasteiger partial charge < -0.3 is 10.2 Å². The minimum atomic E-state index is -1.04. The number of benzene rings is 2. The van der Waals surface area contributed by atoms with E-state index in [1.54, 1.807) is 24.3 Å². The predicted molar refractivity (Wildman–Crippen MR) is 109 cm³/mol. The standard InChI is InChI=1S/C23H25NO5/c1-2-15-7-3-5-9-17(15)18(22(26)27)12-14-21(25)24-19-10-6-4-8-16(19)11-13-20(24)23(28)29/h3-10,18,20H,2,11-14H2,1H3,(H,26,27)(H,28,29). The molecule has 0 aliphatic carbocycles. The Bertz CT molecular complexity index is 923. The Morgan fingerprint density at radius 2 is 1.76 bits per heavy atom. The molecule has 2 atom stereocenters. The van der Waals surface area contributed by atoms with Crippen LogP contribution in [0.5, 0.6) is 0 Å². The molecule has 0 aromatic heterocycles. The summed E-state index contributed by atoms with van der Waals surface area (Å²) in [6, 6.07) is 13.7. The molecule has 2 N–H and O–H groups in total. The summed E-state index contributed by atoms with van der Waals surface area (Å²) >= 11 is 0. The van der Waals surface area contributed by atoms with Gasteiger partial charge in [0.25, 0.3) is 0 Å². The van der Waals surface area contributed by atoms with Gasteiger partial charge in [-0.1, -0.05) is 49.4 Å². The second kappa shape index (κ2) is 8.90. The first-order chi connectivity index (χ1) is 13.9. The average molecular weight is 395 g/mol. The van der Waals surface area contributed by atoms with Gasteiger partial charge in [-0.3, -0.25) is 14.5 Å². The number of hydrogen-bond donors (Lipinski definition) is 2. The first kappa shape index (κ1) is 20.6. The molecule has 1 heterocycles. The number of nitrogens with zero attached hydrogens (tertiary/aromatic N) is 1. The molecule has 1 aliphatic rings. The number of carboxylic acid groups (broad SMARTS) is 2. The minimum Gasteiger partial charge on any atom is -0.481 e. The van der Waals surface area contributed by atoms with Crippen LogP contribution in [0.1, 0.15) is 48.8 Å². The third-order valence-corrected chi connectivity index (χ3v) is 5.56. The molecule has 0 saturated heterocycles. The summed E-state index contributed by atoms with van der Waals surface area (Å²) in [5, 5.41) is 19.4. The highest BCUT2D eigenvalue weighted by Gasteiger charge is 2.36. The van der Waals surface area contributed by atoms with E-state index in [-0.39, 0.29) is 18.7 Å². The molecule has 29 heavy (non-hydrogen) atoms. The van der Waals surface area contributed by atoms with Gasteiger partial charge in [-0.05, 0) is 48.4 Å². The highest BCUT2D eigenvalue weighted by Crippen LogP contribution is 2.33. The molecule has 1 aliphatic heterocycles. The van der Waals surface area contributed by atoms with Crippen LogP contribution in [-0.2, 0) is 27.2 Å². The van der Waals surface area contributed by atoms with Crippen molar-refractivity contribution in [2.24, 2.45) is 0 Å². The van der Waals surface area contributed by atoms with Crippen LogP contribution in [0.3, 0.4) is 0 Å². The summed E-state index contributed by atoms with van der Waals surface area (Å²) in [6.45, 7) is 1.96. The van der Waals surface area contributed by atoms with Crippen molar-refractivity contribution in [2.75, 3.05) is 4.90 Å². The van der Waals surface area contributed by atoms with Crippen molar-refractivity contribution in [1.82, 2.24) is 0 Å². The lowest BCUT2D eigenvalue weighted by atomic mass is 9.89. The minimum absolute atomic E-state index is 0.0346. The molecule has 152 valence electrons. The topological polar surface area (TPSA) is 94.9 Å². The molecule has 2 unspecified atom stereocenters. The second-order valence-electron chi connectivity index (χ2n) is 7.27. The quantitative estimate of drug-likeness (QED) is 0.746. The third-order valence-electron chi connectivity index (χ3n) is 5.56. The second-order valence-corrected chi connectivity index (χ2v) is 7.27. The SMILES string of the molecule is CCc1ccccc1C(CCC(=O)N1c2ccccc2CCC1C(=O)O)C(=O)O. The van der Waals surface area contributed by atoms with Crippen LogP contribution < -0.4 is 4.90 Å². The van der Waals surface area contributed by atoms with E-state index in [2.05, 4.69) is 0 Å². The van der Waals surface area contributed by atoms with E-state index < -0.39 is 23.9 Å². The normalized spacial score (nSPS) is 16.7. The molecule has 0 radical (unpaired) electrons. The Balaban J connectivity index is 1.84. The molecular formula is C23H25NO5. The number of aryl methyl sites for hydroxylation is 2. The summed E-state index contributed by atoms with van der Waals surface area (Å²) < 4.78 is 0.